The van der Waals surface area contributed by atoms with Gasteiger partial charge in [-0.1, -0.05) is 17.7 Å². The lowest BCUT2D eigenvalue weighted by atomic mass is 10.1. The van der Waals surface area contributed by atoms with Gasteiger partial charge in [0, 0.05) is 18.8 Å². The average molecular weight is 327 g/mol. The van der Waals surface area contributed by atoms with Crippen LogP contribution in [0, 0.1) is 13.8 Å². The molecule has 128 valence electrons. The quantitative estimate of drug-likeness (QED) is 0.759. The van der Waals surface area contributed by atoms with Gasteiger partial charge in [-0.2, -0.15) is 0 Å². The Bertz CT molecular complexity index is 648. The Kier molecular flexibility index (Phi) is 5.59. The second kappa shape index (κ2) is 8.06. The fourth-order valence-electron chi connectivity index (χ4n) is 2.85. The van der Waals surface area contributed by atoms with Crippen molar-refractivity contribution in [2.24, 2.45) is 0 Å². The first kappa shape index (κ1) is 16.7. The fourth-order valence-corrected chi connectivity index (χ4v) is 2.85. The summed E-state index contributed by atoms with van der Waals surface area (Å²) < 4.78 is 16.9. The van der Waals surface area contributed by atoms with E-state index in [0.29, 0.717) is 13.2 Å². The summed E-state index contributed by atoms with van der Waals surface area (Å²) in [5.41, 5.74) is 3.62. The fraction of sp³-hybridized carbons (Fsp3) is 0.400. The smallest absolute Gasteiger partial charge is 0.122 e. The van der Waals surface area contributed by atoms with Gasteiger partial charge in [-0.15, -0.1) is 0 Å². The van der Waals surface area contributed by atoms with Crippen molar-refractivity contribution in [2.75, 3.05) is 44.4 Å². The molecule has 0 atom stereocenters. The van der Waals surface area contributed by atoms with E-state index in [1.165, 1.54) is 11.3 Å². The molecule has 1 aliphatic heterocycles. The van der Waals surface area contributed by atoms with E-state index in [4.69, 9.17) is 14.2 Å². The van der Waals surface area contributed by atoms with Crippen LogP contribution in [0.1, 0.15) is 11.1 Å². The number of benzene rings is 2. The van der Waals surface area contributed by atoms with Crippen LogP contribution >= 0.6 is 0 Å². The molecule has 2 aromatic rings. The molecule has 2 aromatic carbocycles. The molecule has 0 spiro atoms. The molecule has 0 N–H and O–H groups in total. The van der Waals surface area contributed by atoms with E-state index in [1.807, 2.05) is 18.2 Å². The second-order valence-corrected chi connectivity index (χ2v) is 6.06. The van der Waals surface area contributed by atoms with Gasteiger partial charge in [0.2, 0.25) is 0 Å². The van der Waals surface area contributed by atoms with Crippen LogP contribution in [0.4, 0.5) is 5.69 Å². The number of rotatable bonds is 6. The standard InChI is InChI=1S/C20H25NO3/c1-16-3-8-20(17(2)15-16)24-14-13-23-19-6-4-18(5-7-19)21-9-11-22-12-10-21/h3-8,15H,9-14H2,1-2H3. The number of aryl methyl sites for hydroxylation is 2. The van der Waals surface area contributed by atoms with Gasteiger partial charge >= 0.3 is 0 Å². The van der Waals surface area contributed by atoms with Crippen LogP contribution in [0.2, 0.25) is 0 Å². The number of ether oxygens (including phenoxy) is 3. The van der Waals surface area contributed by atoms with Crippen LogP contribution in [-0.2, 0) is 4.74 Å². The minimum absolute atomic E-state index is 0.532. The molecule has 4 heteroatoms. The summed E-state index contributed by atoms with van der Waals surface area (Å²) in [6.45, 7) is 8.71. The summed E-state index contributed by atoms with van der Waals surface area (Å²) in [4.78, 5) is 2.33. The second-order valence-electron chi connectivity index (χ2n) is 6.06. The normalized spacial score (nSPS) is 14.5. The van der Waals surface area contributed by atoms with Crippen molar-refractivity contribution in [1.82, 2.24) is 0 Å². The van der Waals surface area contributed by atoms with Gasteiger partial charge in [0.05, 0.1) is 13.2 Å². The molecule has 0 aliphatic carbocycles. The van der Waals surface area contributed by atoms with Gasteiger partial charge in [0.25, 0.3) is 0 Å². The summed E-state index contributed by atoms with van der Waals surface area (Å²) in [6.07, 6.45) is 0. The van der Waals surface area contributed by atoms with Crippen LogP contribution < -0.4 is 14.4 Å². The first-order chi connectivity index (χ1) is 11.7. The van der Waals surface area contributed by atoms with Crippen molar-refractivity contribution in [3.63, 3.8) is 0 Å². The van der Waals surface area contributed by atoms with Gasteiger partial charge in [0.1, 0.15) is 24.7 Å². The highest BCUT2D eigenvalue weighted by molar-refractivity contribution is 5.49. The zero-order valence-electron chi connectivity index (χ0n) is 14.5. The van der Waals surface area contributed by atoms with E-state index < -0.39 is 0 Å². The molecule has 24 heavy (non-hydrogen) atoms. The van der Waals surface area contributed by atoms with Crippen molar-refractivity contribution in [3.05, 3.63) is 53.6 Å². The third-order valence-corrected chi connectivity index (χ3v) is 4.15. The number of hydrogen-bond donors (Lipinski definition) is 0. The number of nitrogens with zero attached hydrogens (tertiary/aromatic N) is 1. The van der Waals surface area contributed by atoms with E-state index in [-0.39, 0.29) is 0 Å². The Morgan fingerprint density at radius 1 is 0.917 bits per heavy atom. The lowest BCUT2D eigenvalue weighted by molar-refractivity contribution is 0.122. The summed E-state index contributed by atoms with van der Waals surface area (Å²) in [5.74, 6) is 1.79. The Hall–Kier alpha value is -2.20. The van der Waals surface area contributed by atoms with Crippen molar-refractivity contribution < 1.29 is 14.2 Å². The van der Waals surface area contributed by atoms with Crippen LogP contribution in [0.15, 0.2) is 42.5 Å². The topological polar surface area (TPSA) is 30.9 Å². The summed E-state index contributed by atoms with van der Waals surface area (Å²) in [7, 11) is 0. The van der Waals surface area contributed by atoms with Crippen molar-refractivity contribution in [1.29, 1.82) is 0 Å². The molecule has 0 bridgehead atoms. The molecule has 0 radical (unpaired) electrons. The SMILES string of the molecule is Cc1ccc(OCCOc2ccc(N3CCOCC3)cc2)c(C)c1. The van der Waals surface area contributed by atoms with E-state index >= 15 is 0 Å². The minimum atomic E-state index is 0.532. The molecule has 1 heterocycles. The predicted molar refractivity (Wildman–Crippen MR) is 96.4 cm³/mol. The lowest BCUT2D eigenvalue weighted by Gasteiger charge is -2.28. The highest BCUT2D eigenvalue weighted by Gasteiger charge is 2.10. The maximum absolute atomic E-state index is 5.79. The van der Waals surface area contributed by atoms with E-state index in [2.05, 4.69) is 43.0 Å². The largest absolute Gasteiger partial charge is 0.490 e. The lowest BCUT2D eigenvalue weighted by Crippen LogP contribution is -2.36. The third kappa shape index (κ3) is 4.42. The van der Waals surface area contributed by atoms with Gasteiger partial charge < -0.3 is 19.1 Å². The molecule has 3 rings (SSSR count). The molecule has 1 aliphatic rings. The Morgan fingerprint density at radius 3 is 2.33 bits per heavy atom. The van der Waals surface area contributed by atoms with E-state index in [9.17, 15) is 0 Å². The third-order valence-electron chi connectivity index (χ3n) is 4.15. The van der Waals surface area contributed by atoms with Crippen molar-refractivity contribution >= 4 is 5.69 Å². The monoisotopic (exact) mass is 327 g/mol. The van der Waals surface area contributed by atoms with Crippen molar-refractivity contribution in [2.45, 2.75) is 13.8 Å². The van der Waals surface area contributed by atoms with Crippen LogP contribution in [0.5, 0.6) is 11.5 Å². The minimum Gasteiger partial charge on any atom is -0.490 e. The van der Waals surface area contributed by atoms with Crippen LogP contribution in [0.25, 0.3) is 0 Å². The average Bonchev–Trinajstić information content (AvgIpc) is 2.61. The molecular weight excluding hydrogens is 302 g/mol. The highest BCUT2D eigenvalue weighted by atomic mass is 16.5. The Balaban J connectivity index is 1.44. The summed E-state index contributed by atoms with van der Waals surface area (Å²) in [6, 6.07) is 14.4. The molecule has 0 saturated carbocycles. The van der Waals surface area contributed by atoms with Gasteiger partial charge in [-0.25, -0.2) is 0 Å². The molecule has 0 aromatic heterocycles. The zero-order valence-corrected chi connectivity index (χ0v) is 14.5. The molecular formula is C20H25NO3. The molecule has 1 fully saturated rings. The number of hydrogen-bond acceptors (Lipinski definition) is 4. The molecule has 0 amide bonds. The molecule has 0 unspecified atom stereocenters. The van der Waals surface area contributed by atoms with Gasteiger partial charge in [-0.3, -0.25) is 0 Å². The van der Waals surface area contributed by atoms with Gasteiger partial charge in [0.15, 0.2) is 0 Å². The summed E-state index contributed by atoms with van der Waals surface area (Å²) in [5, 5.41) is 0. The number of morpholine rings is 1. The Morgan fingerprint density at radius 2 is 1.62 bits per heavy atom. The first-order valence-electron chi connectivity index (χ1n) is 8.48. The molecule has 1 saturated heterocycles. The first-order valence-corrected chi connectivity index (χ1v) is 8.48. The maximum atomic E-state index is 5.79. The maximum Gasteiger partial charge on any atom is 0.122 e. The van der Waals surface area contributed by atoms with E-state index in [1.54, 1.807) is 0 Å². The Labute approximate surface area is 144 Å². The molecule has 4 nitrogen and oxygen atoms in total. The summed E-state index contributed by atoms with van der Waals surface area (Å²) >= 11 is 0. The van der Waals surface area contributed by atoms with E-state index in [0.717, 1.165) is 43.4 Å². The predicted octanol–water partition coefficient (Wildman–Crippen LogP) is 3.60. The van der Waals surface area contributed by atoms with Crippen LogP contribution in [0.3, 0.4) is 0 Å². The van der Waals surface area contributed by atoms with Gasteiger partial charge in [-0.05, 0) is 49.7 Å². The number of anilines is 1. The van der Waals surface area contributed by atoms with Crippen molar-refractivity contribution in [3.8, 4) is 11.5 Å². The van der Waals surface area contributed by atoms with Crippen LogP contribution in [-0.4, -0.2) is 39.5 Å². The highest BCUT2D eigenvalue weighted by Crippen LogP contribution is 2.21. The zero-order chi connectivity index (χ0) is 16.8.